The zero-order valence-corrected chi connectivity index (χ0v) is 13.2. The molecule has 0 saturated carbocycles. The monoisotopic (exact) mass is 306 g/mol. The lowest BCUT2D eigenvalue weighted by Gasteiger charge is -2.24. The van der Waals surface area contributed by atoms with Crippen molar-refractivity contribution in [2.75, 3.05) is 0 Å². The standard InChI is InChI=1S/C17H22O5/c1-9-5-13(21-12(4)18)6-10(2)8-15-16(14(19)7-9)11(3)17(20)22-15/h5,8,13-16,19H,3,6-7H2,1-2,4H3/b9-5-,10-8-/t13-,14-,15+,16-/m0/s1. The first-order chi connectivity index (χ1) is 10.3. The highest BCUT2D eigenvalue weighted by Gasteiger charge is 2.42. The van der Waals surface area contributed by atoms with E-state index in [1.54, 1.807) is 0 Å². The van der Waals surface area contributed by atoms with Gasteiger partial charge in [0.25, 0.3) is 0 Å². The summed E-state index contributed by atoms with van der Waals surface area (Å²) in [7, 11) is 0. The van der Waals surface area contributed by atoms with Crippen LogP contribution >= 0.6 is 0 Å². The fourth-order valence-electron chi connectivity index (χ4n) is 3.05. The highest BCUT2D eigenvalue weighted by molar-refractivity contribution is 5.91. The molecule has 1 aliphatic carbocycles. The molecule has 1 heterocycles. The number of hydrogen-bond donors (Lipinski definition) is 1. The van der Waals surface area contributed by atoms with Gasteiger partial charge < -0.3 is 14.6 Å². The van der Waals surface area contributed by atoms with E-state index in [0.29, 0.717) is 18.4 Å². The topological polar surface area (TPSA) is 72.8 Å². The second-order valence-electron chi connectivity index (χ2n) is 6.07. The molecule has 1 saturated heterocycles. The van der Waals surface area contributed by atoms with Crippen molar-refractivity contribution in [1.82, 2.24) is 0 Å². The number of carbonyl (C=O) groups excluding carboxylic acids is 2. The van der Waals surface area contributed by atoms with Gasteiger partial charge in [-0.05, 0) is 32.4 Å². The molecule has 0 amide bonds. The van der Waals surface area contributed by atoms with E-state index in [9.17, 15) is 14.7 Å². The fourth-order valence-corrected chi connectivity index (χ4v) is 3.05. The van der Waals surface area contributed by atoms with Crippen molar-refractivity contribution in [2.45, 2.75) is 51.9 Å². The maximum absolute atomic E-state index is 11.7. The van der Waals surface area contributed by atoms with Gasteiger partial charge in [-0.25, -0.2) is 4.79 Å². The summed E-state index contributed by atoms with van der Waals surface area (Å²) >= 11 is 0. The Kier molecular flexibility index (Phi) is 4.86. The van der Waals surface area contributed by atoms with Crippen LogP contribution in [0.3, 0.4) is 0 Å². The van der Waals surface area contributed by atoms with Crippen molar-refractivity contribution >= 4 is 11.9 Å². The summed E-state index contributed by atoms with van der Waals surface area (Å²) in [6.45, 7) is 8.88. The summed E-state index contributed by atoms with van der Waals surface area (Å²) in [4.78, 5) is 22.9. The van der Waals surface area contributed by atoms with Gasteiger partial charge >= 0.3 is 11.9 Å². The Morgan fingerprint density at radius 2 is 1.95 bits per heavy atom. The average Bonchev–Trinajstić information content (AvgIpc) is 2.62. The second kappa shape index (κ2) is 6.48. The number of aliphatic hydroxyl groups is 1. The normalized spacial score (nSPS) is 37.3. The summed E-state index contributed by atoms with van der Waals surface area (Å²) in [6.07, 6.45) is 2.91. The first-order valence-electron chi connectivity index (χ1n) is 7.37. The minimum absolute atomic E-state index is 0.312. The van der Waals surface area contributed by atoms with Crippen LogP contribution in [0.2, 0.25) is 0 Å². The van der Waals surface area contributed by atoms with E-state index in [0.717, 1.165) is 11.1 Å². The molecule has 1 fully saturated rings. The molecular weight excluding hydrogens is 284 g/mol. The molecule has 0 aromatic rings. The zero-order valence-electron chi connectivity index (χ0n) is 13.2. The van der Waals surface area contributed by atoms with Gasteiger partial charge in [0, 0.05) is 18.9 Å². The minimum Gasteiger partial charge on any atom is -0.458 e. The molecule has 5 heteroatoms. The van der Waals surface area contributed by atoms with Gasteiger partial charge in [0.1, 0.15) is 12.2 Å². The smallest absolute Gasteiger partial charge is 0.334 e. The molecule has 120 valence electrons. The van der Waals surface area contributed by atoms with Crippen molar-refractivity contribution in [1.29, 1.82) is 0 Å². The Hall–Kier alpha value is -1.88. The summed E-state index contributed by atoms with van der Waals surface area (Å²) in [5.74, 6) is -1.25. The number of ether oxygens (including phenoxy) is 2. The second-order valence-corrected chi connectivity index (χ2v) is 6.07. The third-order valence-electron chi connectivity index (χ3n) is 3.97. The number of carbonyl (C=O) groups is 2. The van der Waals surface area contributed by atoms with Gasteiger partial charge in [0.2, 0.25) is 0 Å². The Balaban J connectivity index is 2.33. The van der Waals surface area contributed by atoms with Gasteiger partial charge in [-0.1, -0.05) is 17.7 Å². The predicted octanol–water partition coefficient (Wildman–Crippen LogP) is 2.06. The molecule has 1 aliphatic heterocycles. The zero-order chi connectivity index (χ0) is 16.4. The third kappa shape index (κ3) is 3.65. The lowest BCUT2D eigenvalue weighted by Crippen LogP contribution is -2.29. The van der Waals surface area contributed by atoms with Crippen molar-refractivity contribution in [3.63, 3.8) is 0 Å². The number of esters is 2. The molecule has 0 radical (unpaired) electrons. The summed E-state index contributed by atoms with van der Waals surface area (Å²) < 4.78 is 10.6. The van der Waals surface area contributed by atoms with E-state index in [1.165, 1.54) is 6.92 Å². The third-order valence-corrected chi connectivity index (χ3v) is 3.97. The van der Waals surface area contributed by atoms with E-state index in [-0.39, 0.29) is 12.1 Å². The van der Waals surface area contributed by atoms with Crippen LogP contribution in [0.1, 0.15) is 33.6 Å². The average molecular weight is 306 g/mol. The SMILES string of the molecule is C=C1C(=O)O[C@@H]2/C=C(/C)C[C@@H](OC(C)=O)/C=C(/C)C[C@H](O)[C@H]12. The van der Waals surface area contributed by atoms with Crippen molar-refractivity contribution < 1.29 is 24.2 Å². The Labute approximate surface area is 130 Å². The summed E-state index contributed by atoms with van der Waals surface area (Å²) in [5.41, 5.74) is 2.15. The lowest BCUT2D eigenvalue weighted by atomic mass is 9.85. The van der Waals surface area contributed by atoms with Gasteiger partial charge in [-0.15, -0.1) is 0 Å². The Morgan fingerprint density at radius 3 is 2.59 bits per heavy atom. The number of fused-ring (bicyclic) bond motifs is 1. The maximum atomic E-state index is 11.7. The van der Waals surface area contributed by atoms with Crippen molar-refractivity contribution in [2.24, 2.45) is 5.92 Å². The van der Waals surface area contributed by atoms with Crippen LogP contribution in [0, 0.1) is 5.92 Å². The largest absolute Gasteiger partial charge is 0.458 e. The highest BCUT2D eigenvalue weighted by Crippen LogP contribution is 2.34. The van der Waals surface area contributed by atoms with E-state index in [4.69, 9.17) is 9.47 Å². The fraction of sp³-hybridized carbons (Fsp3) is 0.529. The van der Waals surface area contributed by atoms with Crippen LogP contribution in [0.25, 0.3) is 0 Å². The number of hydrogen-bond acceptors (Lipinski definition) is 5. The van der Waals surface area contributed by atoms with Crippen LogP contribution in [-0.4, -0.2) is 35.4 Å². The van der Waals surface area contributed by atoms with E-state index >= 15 is 0 Å². The minimum atomic E-state index is -0.764. The Bertz CT molecular complexity index is 557. The summed E-state index contributed by atoms with van der Waals surface area (Å²) in [6, 6.07) is 0. The molecule has 0 spiro atoms. The molecule has 0 unspecified atom stereocenters. The van der Waals surface area contributed by atoms with Crippen LogP contribution in [0.5, 0.6) is 0 Å². The molecule has 0 aromatic heterocycles. The predicted molar refractivity (Wildman–Crippen MR) is 80.8 cm³/mol. The molecular formula is C17H22O5. The van der Waals surface area contributed by atoms with Crippen LogP contribution in [0.4, 0.5) is 0 Å². The van der Waals surface area contributed by atoms with Gasteiger partial charge in [0.05, 0.1) is 12.0 Å². The number of rotatable bonds is 1. The van der Waals surface area contributed by atoms with Crippen LogP contribution < -0.4 is 0 Å². The molecule has 0 aromatic carbocycles. The molecule has 2 aliphatic rings. The first kappa shape index (κ1) is 16.5. The van der Waals surface area contributed by atoms with Gasteiger partial charge in [0.15, 0.2) is 0 Å². The lowest BCUT2D eigenvalue weighted by molar-refractivity contribution is -0.144. The molecule has 22 heavy (non-hydrogen) atoms. The highest BCUT2D eigenvalue weighted by atomic mass is 16.6. The molecule has 5 nitrogen and oxygen atoms in total. The first-order valence-corrected chi connectivity index (χ1v) is 7.37. The Morgan fingerprint density at radius 1 is 1.32 bits per heavy atom. The molecule has 1 N–H and O–H groups in total. The van der Waals surface area contributed by atoms with Crippen LogP contribution in [-0.2, 0) is 19.1 Å². The molecule has 0 bridgehead atoms. The molecule has 2 rings (SSSR count). The van der Waals surface area contributed by atoms with Crippen LogP contribution in [0.15, 0.2) is 35.5 Å². The van der Waals surface area contributed by atoms with Gasteiger partial charge in [-0.3, -0.25) is 4.79 Å². The molecule has 4 atom stereocenters. The van der Waals surface area contributed by atoms with Crippen molar-refractivity contribution in [3.05, 3.63) is 35.5 Å². The quantitative estimate of drug-likeness (QED) is 0.456. The van der Waals surface area contributed by atoms with E-state index < -0.39 is 24.1 Å². The van der Waals surface area contributed by atoms with E-state index in [1.807, 2.05) is 26.0 Å². The van der Waals surface area contributed by atoms with Crippen molar-refractivity contribution in [3.8, 4) is 0 Å². The maximum Gasteiger partial charge on any atom is 0.334 e. The summed E-state index contributed by atoms with van der Waals surface area (Å²) in [5, 5.41) is 10.4. The number of aliphatic hydroxyl groups excluding tert-OH is 1. The van der Waals surface area contributed by atoms with E-state index in [2.05, 4.69) is 6.58 Å². The van der Waals surface area contributed by atoms with Gasteiger partial charge in [-0.2, -0.15) is 0 Å².